The number of aliphatic hydroxyl groups excluding tert-OH is 1. The van der Waals surface area contributed by atoms with Crippen LogP contribution in [-0.4, -0.2) is 55.0 Å². The van der Waals surface area contributed by atoms with Gasteiger partial charge in [-0.2, -0.15) is 4.31 Å². The molecule has 2 heterocycles. The molecule has 0 unspecified atom stereocenters. The van der Waals surface area contributed by atoms with E-state index in [1.165, 1.54) is 24.2 Å². The summed E-state index contributed by atoms with van der Waals surface area (Å²) in [7, 11) is -3.40. The zero-order valence-corrected chi connectivity index (χ0v) is 13.2. The normalized spacial score (nSPS) is 22.3. The first kappa shape index (κ1) is 14.5. The van der Waals surface area contributed by atoms with Crippen LogP contribution < -0.4 is 0 Å². The van der Waals surface area contributed by atoms with Gasteiger partial charge < -0.3 is 5.11 Å². The Kier molecular flexibility index (Phi) is 3.89. The van der Waals surface area contributed by atoms with Crippen molar-refractivity contribution in [3.8, 4) is 0 Å². The molecule has 0 spiro atoms. The van der Waals surface area contributed by atoms with E-state index in [0.717, 1.165) is 18.0 Å². The quantitative estimate of drug-likeness (QED) is 0.901. The fraction of sp³-hybridized carbons (Fsp3) is 0.692. The van der Waals surface area contributed by atoms with Gasteiger partial charge in [0.1, 0.15) is 0 Å². The molecule has 0 amide bonds. The minimum Gasteiger partial charge on any atom is -0.391 e. The molecule has 1 saturated heterocycles. The van der Waals surface area contributed by atoms with Crippen LogP contribution >= 0.6 is 11.3 Å². The van der Waals surface area contributed by atoms with Crippen LogP contribution in [0.5, 0.6) is 0 Å². The first-order valence-electron chi connectivity index (χ1n) is 6.97. The molecule has 1 aliphatic carbocycles. The highest BCUT2D eigenvalue weighted by atomic mass is 32.2. The molecule has 0 atom stereocenters. The van der Waals surface area contributed by atoms with Crippen LogP contribution in [0, 0.1) is 6.92 Å². The Balaban J connectivity index is 1.76. The first-order valence-corrected chi connectivity index (χ1v) is 9.22. The second kappa shape index (κ2) is 5.38. The number of hydrogen-bond acceptors (Lipinski definition) is 5. The monoisotopic (exact) mass is 316 g/mol. The van der Waals surface area contributed by atoms with Gasteiger partial charge in [-0.25, -0.2) is 8.42 Å². The highest BCUT2D eigenvalue weighted by molar-refractivity contribution is 7.89. The summed E-state index contributed by atoms with van der Waals surface area (Å²) in [4.78, 5) is 4.23. The van der Waals surface area contributed by atoms with E-state index >= 15 is 0 Å². The van der Waals surface area contributed by atoms with E-state index in [0.29, 0.717) is 28.9 Å². The Bertz CT molecular complexity index is 585. The van der Waals surface area contributed by atoms with Gasteiger partial charge in [-0.15, -0.1) is 11.3 Å². The number of nitrogens with zero attached hydrogens (tertiary/aromatic N) is 2. The van der Waals surface area contributed by atoms with Crippen LogP contribution in [0.3, 0.4) is 0 Å². The Morgan fingerprint density at radius 1 is 1.30 bits per heavy atom. The maximum Gasteiger partial charge on any atom is 0.244 e. The molecule has 0 bridgehead atoms. The summed E-state index contributed by atoms with van der Waals surface area (Å²) >= 11 is 1.35. The third-order valence-corrected chi connectivity index (χ3v) is 7.22. The topological polar surface area (TPSA) is 60.9 Å². The molecule has 7 heteroatoms. The van der Waals surface area contributed by atoms with E-state index in [4.69, 9.17) is 5.11 Å². The summed E-state index contributed by atoms with van der Waals surface area (Å²) in [6.45, 7) is 4.51. The Labute approximate surface area is 123 Å². The summed E-state index contributed by atoms with van der Waals surface area (Å²) in [6, 6.07) is 2.31. The Hall–Kier alpha value is -0.470. The molecule has 1 saturated carbocycles. The predicted molar refractivity (Wildman–Crippen MR) is 78.3 cm³/mol. The average Bonchev–Trinajstić information content (AvgIpc) is 3.21. The molecule has 1 aromatic rings. The van der Waals surface area contributed by atoms with Crippen LogP contribution in [0.1, 0.15) is 22.6 Å². The SMILES string of the molecule is Cc1sc(CO)cc1S(=O)(=O)N1CCN(C2CC2)CC1. The highest BCUT2D eigenvalue weighted by Gasteiger charge is 2.35. The predicted octanol–water partition coefficient (Wildman–Crippen LogP) is 1.02. The van der Waals surface area contributed by atoms with E-state index in [9.17, 15) is 8.42 Å². The van der Waals surface area contributed by atoms with Gasteiger partial charge in [-0.1, -0.05) is 0 Å². The number of thiophene rings is 1. The molecule has 2 fully saturated rings. The number of piperazine rings is 1. The van der Waals surface area contributed by atoms with Crippen LogP contribution in [0.15, 0.2) is 11.0 Å². The molecule has 2 aliphatic rings. The lowest BCUT2D eigenvalue weighted by Gasteiger charge is -2.34. The third-order valence-electron chi connectivity index (χ3n) is 4.03. The van der Waals surface area contributed by atoms with Gasteiger partial charge in [0.25, 0.3) is 0 Å². The molecule has 0 aromatic carbocycles. The zero-order valence-electron chi connectivity index (χ0n) is 11.6. The van der Waals surface area contributed by atoms with Crippen molar-refractivity contribution in [2.45, 2.75) is 37.3 Å². The summed E-state index contributed by atoms with van der Waals surface area (Å²) in [6.07, 6.45) is 2.52. The van der Waals surface area contributed by atoms with Gasteiger partial charge in [-0.05, 0) is 25.8 Å². The van der Waals surface area contributed by atoms with Gasteiger partial charge in [0, 0.05) is 42.0 Å². The maximum absolute atomic E-state index is 12.7. The molecule has 20 heavy (non-hydrogen) atoms. The lowest BCUT2D eigenvalue weighted by Crippen LogP contribution is -2.49. The molecule has 112 valence electrons. The van der Waals surface area contributed by atoms with Crippen molar-refractivity contribution >= 4 is 21.4 Å². The standard InChI is InChI=1S/C13H20N2O3S2/c1-10-13(8-12(9-16)19-10)20(17,18)15-6-4-14(5-7-15)11-2-3-11/h8,11,16H,2-7,9H2,1H3. The van der Waals surface area contributed by atoms with Crippen molar-refractivity contribution in [3.63, 3.8) is 0 Å². The lowest BCUT2D eigenvalue weighted by atomic mass is 10.3. The van der Waals surface area contributed by atoms with Crippen LogP contribution in [0.4, 0.5) is 0 Å². The molecule has 0 radical (unpaired) electrons. The van der Waals surface area contributed by atoms with E-state index in [-0.39, 0.29) is 6.61 Å². The molecule has 1 aliphatic heterocycles. The van der Waals surface area contributed by atoms with Crippen molar-refractivity contribution < 1.29 is 13.5 Å². The number of sulfonamides is 1. The van der Waals surface area contributed by atoms with Crippen molar-refractivity contribution in [2.24, 2.45) is 0 Å². The van der Waals surface area contributed by atoms with Crippen molar-refractivity contribution in [1.29, 1.82) is 0 Å². The summed E-state index contributed by atoms with van der Waals surface area (Å²) in [5.41, 5.74) is 0. The van der Waals surface area contributed by atoms with Gasteiger partial charge in [0.05, 0.1) is 11.5 Å². The van der Waals surface area contributed by atoms with Gasteiger partial charge >= 0.3 is 0 Å². The minimum atomic E-state index is -3.40. The van der Waals surface area contributed by atoms with E-state index in [1.54, 1.807) is 17.3 Å². The first-order chi connectivity index (χ1) is 9.52. The zero-order chi connectivity index (χ0) is 14.3. The maximum atomic E-state index is 12.7. The largest absolute Gasteiger partial charge is 0.391 e. The second-order valence-electron chi connectivity index (χ2n) is 5.46. The molecular weight excluding hydrogens is 296 g/mol. The third kappa shape index (κ3) is 2.65. The smallest absolute Gasteiger partial charge is 0.244 e. The van der Waals surface area contributed by atoms with E-state index in [2.05, 4.69) is 4.90 Å². The molecular formula is C13H20N2O3S2. The van der Waals surface area contributed by atoms with Crippen LogP contribution in [0.2, 0.25) is 0 Å². The van der Waals surface area contributed by atoms with E-state index in [1.807, 2.05) is 0 Å². The fourth-order valence-electron chi connectivity index (χ4n) is 2.75. The highest BCUT2D eigenvalue weighted by Crippen LogP contribution is 2.31. The van der Waals surface area contributed by atoms with Crippen LogP contribution in [-0.2, 0) is 16.6 Å². The van der Waals surface area contributed by atoms with Crippen molar-refractivity contribution in [3.05, 3.63) is 15.8 Å². The number of aliphatic hydroxyl groups is 1. The fourth-order valence-corrected chi connectivity index (χ4v) is 5.63. The van der Waals surface area contributed by atoms with Gasteiger partial charge in [0.15, 0.2) is 0 Å². The number of hydrogen-bond donors (Lipinski definition) is 1. The Morgan fingerprint density at radius 2 is 1.95 bits per heavy atom. The molecule has 1 aromatic heterocycles. The Morgan fingerprint density at radius 3 is 2.45 bits per heavy atom. The number of rotatable bonds is 4. The molecule has 5 nitrogen and oxygen atoms in total. The summed E-state index contributed by atoms with van der Waals surface area (Å²) < 4.78 is 26.9. The van der Waals surface area contributed by atoms with Crippen LogP contribution in [0.25, 0.3) is 0 Å². The van der Waals surface area contributed by atoms with Gasteiger partial charge in [0.2, 0.25) is 10.0 Å². The van der Waals surface area contributed by atoms with E-state index < -0.39 is 10.0 Å². The lowest BCUT2D eigenvalue weighted by molar-refractivity contribution is 0.180. The minimum absolute atomic E-state index is 0.101. The second-order valence-corrected chi connectivity index (χ2v) is 8.71. The summed E-state index contributed by atoms with van der Waals surface area (Å²) in [5.74, 6) is 0. The number of aryl methyl sites for hydroxylation is 1. The molecule has 3 rings (SSSR count). The average molecular weight is 316 g/mol. The molecule has 1 N–H and O–H groups in total. The van der Waals surface area contributed by atoms with Crippen molar-refractivity contribution in [1.82, 2.24) is 9.21 Å². The van der Waals surface area contributed by atoms with Gasteiger partial charge in [-0.3, -0.25) is 4.90 Å². The summed E-state index contributed by atoms with van der Waals surface area (Å²) in [5, 5.41) is 9.15. The van der Waals surface area contributed by atoms with Crippen molar-refractivity contribution in [2.75, 3.05) is 26.2 Å².